The fourth-order valence-corrected chi connectivity index (χ4v) is 5.62. The number of rotatable bonds is 6. The first kappa shape index (κ1) is 25.7. The van der Waals surface area contributed by atoms with Gasteiger partial charge in [-0.3, -0.25) is 14.6 Å². The Hall–Kier alpha value is -4.60. The van der Waals surface area contributed by atoms with Gasteiger partial charge in [0.25, 0.3) is 0 Å². The van der Waals surface area contributed by atoms with Crippen molar-refractivity contribution in [3.63, 3.8) is 0 Å². The fraction of sp³-hybridized carbons (Fsp3) is 0.250. The highest BCUT2D eigenvalue weighted by Crippen LogP contribution is 2.31. The molecule has 1 aromatic carbocycles. The van der Waals surface area contributed by atoms with Crippen LogP contribution in [0.3, 0.4) is 0 Å². The van der Waals surface area contributed by atoms with E-state index in [-0.39, 0.29) is 0 Å². The lowest BCUT2D eigenvalue weighted by Crippen LogP contribution is -2.46. The number of pyridine rings is 1. The molecule has 0 bridgehead atoms. The van der Waals surface area contributed by atoms with Gasteiger partial charge in [0.1, 0.15) is 11.9 Å². The van der Waals surface area contributed by atoms with Crippen LogP contribution in [-0.4, -0.2) is 75.1 Å². The number of nitrogens with zero attached hydrogens (tertiary/aromatic N) is 9. The standard InChI is InChI=1S/C28H27N9O2S/c1-34-18-23(14-32-34)21-11-25(28-22(12-29)13-33-37(28)19-21)26-15-31-27(16-30-26)36-9-7-35(8-10-36)17-20-3-5-24(6-4-20)40(2,38)39/h3-6,11,13-16,18-19H,7-10,17H2,1-2H3. The summed E-state index contributed by atoms with van der Waals surface area (Å²) >= 11 is 0. The van der Waals surface area contributed by atoms with Crippen molar-refractivity contribution in [1.82, 2.24) is 34.3 Å². The van der Waals surface area contributed by atoms with Crippen molar-refractivity contribution < 1.29 is 8.42 Å². The third-order valence-corrected chi connectivity index (χ3v) is 8.27. The minimum atomic E-state index is -3.19. The average Bonchev–Trinajstić information content (AvgIpc) is 3.59. The number of sulfone groups is 1. The van der Waals surface area contributed by atoms with Crippen molar-refractivity contribution in [3.05, 3.63) is 78.6 Å². The van der Waals surface area contributed by atoms with E-state index in [1.165, 1.54) is 6.26 Å². The van der Waals surface area contributed by atoms with Gasteiger partial charge in [-0.05, 0) is 23.8 Å². The van der Waals surface area contributed by atoms with E-state index in [9.17, 15) is 13.7 Å². The summed E-state index contributed by atoms with van der Waals surface area (Å²) in [6.45, 7) is 4.08. The van der Waals surface area contributed by atoms with Crippen molar-refractivity contribution in [2.24, 2.45) is 7.05 Å². The first-order valence-electron chi connectivity index (χ1n) is 12.8. The maximum Gasteiger partial charge on any atom is 0.175 e. The highest BCUT2D eigenvalue weighted by atomic mass is 32.2. The first-order valence-corrected chi connectivity index (χ1v) is 14.7. The SMILES string of the molecule is Cn1cc(-c2cc(-c3cnc(N4CCN(Cc5ccc(S(C)(=O)=O)cc5)CC4)cn3)c3c(C#N)cnn3c2)cn1. The summed E-state index contributed by atoms with van der Waals surface area (Å²) in [5, 5.41) is 18.3. The lowest BCUT2D eigenvalue weighted by molar-refractivity contribution is 0.249. The van der Waals surface area contributed by atoms with Crippen molar-refractivity contribution in [3.8, 4) is 28.5 Å². The van der Waals surface area contributed by atoms with Crippen LogP contribution in [0.5, 0.6) is 0 Å². The van der Waals surface area contributed by atoms with E-state index in [4.69, 9.17) is 9.97 Å². The third kappa shape index (κ3) is 5.04. The highest BCUT2D eigenvalue weighted by molar-refractivity contribution is 7.90. The molecule has 0 amide bonds. The second kappa shape index (κ2) is 10.2. The van der Waals surface area contributed by atoms with E-state index < -0.39 is 9.84 Å². The molecule has 40 heavy (non-hydrogen) atoms. The van der Waals surface area contributed by atoms with Gasteiger partial charge in [-0.15, -0.1) is 0 Å². The number of nitriles is 1. The van der Waals surface area contributed by atoms with Crippen molar-refractivity contribution >= 4 is 21.2 Å². The molecular weight excluding hydrogens is 526 g/mol. The van der Waals surface area contributed by atoms with Gasteiger partial charge < -0.3 is 4.90 Å². The summed E-state index contributed by atoms with van der Waals surface area (Å²) in [7, 11) is -1.32. The van der Waals surface area contributed by atoms with Crippen LogP contribution in [0, 0.1) is 11.3 Å². The molecule has 1 aliphatic heterocycles. The Balaban J connectivity index is 1.18. The summed E-state index contributed by atoms with van der Waals surface area (Å²) in [5.74, 6) is 0.800. The molecule has 1 aliphatic rings. The summed E-state index contributed by atoms with van der Waals surface area (Å²) in [5.41, 5.74) is 5.54. The second-order valence-electron chi connectivity index (χ2n) is 9.95. The van der Waals surface area contributed by atoms with E-state index in [0.29, 0.717) is 21.7 Å². The molecule has 0 spiro atoms. The highest BCUT2D eigenvalue weighted by Gasteiger charge is 2.20. The van der Waals surface area contributed by atoms with Gasteiger partial charge in [0.15, 0.2) is 9.84 Å². The van der Waals surface area contributed by atoms with E-state index in [2.05, 4.69) is 26.1 Å². The lowest BCUT2D eigenvalue weighted by atomic mass is 10.0. The number of anilines is 1. The molecule has 11 nitrogen and oxygen atoms in total. The minimum absolute atomic E-state index is 0.338. The van der Waals surface area contributed by atoms with Crippen LogP contribution < -0.4 is 4.90 Å². The smallest absolute Gasteiger partial charge is 0.175 e. The predicted octanol–water partition coefficient (Wildman–Crippen LogP) is 2.79. The van der Waals surface area contributed by atoms with E-state index >= 15 is 0 Å². The van der Waals surface area contributed by atoms with Gasteiger partial charge in [0.05, 0.1) is 46.5 Å². The zero-order valence-corrected chi connectivity index (χ0v) is 23.0. The van der Waals surface area contributed by atoms with Crippen LogP contribution in [0.15, 0.2) is 72.4 Å². The Bertz CT molecular complexity index is 1830. The lowest BCUT2D eigenvalue weighted by Gasteiger charge is -2.35. The van der Waals surface area contributed by atoms with Crippen LogP contribution in [0.1, 0.15) is 11.1 Å². The molecule has 202 valence electrons. The zero-order chi connectivity index (χ0) is 27.9. The maximum atomic E-state index is 11.7. The second-order valence-corrected chi connectivity index (χ2v) is 12.0. The predicted molar refractivity (Wildman–Crippen MR) is 150 cm³/mol. The maximum absolute atomic E-state index is 11.7. The minimum Gasteiger partial charge on any atom is -0.353 e. The van der Waals surface area contributed by atoms with E-state index in [0.717, 1.165) is 60.8 Å². The van der Waals surface area contributed by atoms with Gasteiger partial charge >= 0.3 is 0 Å². The molecule has 4 aromatic heterocycles. The van der Waals surface area contributed by atoms with Crippen LogP contribution in [0.2, 0.25) is 0 Å². The van der Waals surface area contributed by atoms with Crippen LogP contribution >= 0.6 is 0 Å². The Morgan fingerprint density at radius 3 is 2.33 bits per heavy atom. The largest absolute Gasteiger partial charge is 0.353 e. The van der Waals surface area contributed by atoms with Gasteiger partial charge in [-0.25, -0.2) is 17.9 Å². The molecule has 12 heteroatoms. The third-order valence-electron chi connectivity index (χ3n) is 7.14. The van der Waals surface area contributed by atoms with Crippen LogP contribution in [0.4, 0.5) is 5.82 Å². The topological polar surface area (TPSA) is 125 Å². The quantitative estimate of drug-likeness (QED) is 0.312. The van der Waals surface area contributed by atoms with Crippen molar-refractivity contribution in [1.29, 1.82) is 5.26 Å². The van der Waals surface area contributed by atoms with Crippen molar-refractivity contribution in [2.45, 2.75) is 11.4 Å². The molecule has 5 heterocycles. The average molecular weight is 554 g/mol. The Morgan fingerprint density at radius 1 is 0.925 bits per heavy atom. The molecule has 0 saturated carbocycles. The number of fused-ring (bicyclic) bond motifs is 1. The number of aryl methyl sites for hydroxylation is 1. The molecule has 0 unspecified atom stereocenters. The van der Waals surface area contributed by atoms with Gasteiger partial charge in [0.2, 0.25) is 0 Å². The monoisotopic (exact) mass is 553 g/mol. The Kier molecular flexibility index (Phi) is 6.53. The molecule has 0 radical (unpaired) electrons. The molecule has 1 fully saturated rings. The molecule has 6 rings (SSSR count). The number of piperazine rings is 1. The first-order chi connectivity index (χ1) is 19.3. The van der Waals surface area contributed by atoms with Gasteiger partial charge in [0, 0.05) is 75.1 Å². The summed E-state index contributed by atoms with van der Waals surface area (Å²) in [4.78, 5) is 14.4. The van der Waals surface area contributed by atoms with Gasteiger partial charge in [-0.1, -0.05) is 12.1 Å². The normalized spacial score (nSPS) is 14.5. The van der Waals surface area contributed by atoms with E-state index in [1.807, 2.05) is 37.6 Å². The molecule has 1 saturated heterocycles. The zero-order valence-electron chi connectivity index (χ0n) is 22.1. The Morgan fingerprint density at radius 2 is 1.70 bits per heavy atom. The summed E-state index contributed by atoms with van der Waals surface area (Å²) < 4.78 is 26.9. The summed E-state index contributed by atoms with van der Waals surface area (Å²) in [6, 6.07) is 11.3. The Labute approximate surface area is 231 Å². The van der Waals surface area contributed by atoms with Gasteiger partial charge in [-0.2, -0.15) is 15.5 Å². The number of hydrogen-bond donors (Lipinski definition) is 0. The number of aromatic nitrogens is 6. The van der Waals surface area contributed by atoms with Crippen LogP contribution in [-0.2, 0) is 23.4 Å². The summed E-state index contributed by atoms with van der Waals surface area (Å²) in [6.07, 6.45) is 11.9. The molecule has 0 atom stereocenters. The van der Waals surface area contributed by atoms with E-state index in [1.54, 1.807) is 46.1 Å². The van der Waals surface area contributed by atoms with Crippen molar-refractivity contribution in [2.75, 3.05) is 37.3 Å². The molecule has 0 N–H and O–H groups in total. The fourth-order valence-electron chi connectivity index (χ4n) is 4.99. The molecular formula is C28H27N9O2S. The van der Waals surface area contributed by atoms with Crippen LogP contribution in [0.25, 0.3) is 27.9 Å². The molecule has 5 aromatic rings. The number of hydrogen-bond acceptors (Lipinski definition) is 9. The molecule has 0 aliphatic carbocycles. The number of benzene rings is 1.